The maximum atomic E-state index is 12.4. The number of fused-ring (bicyclic) bond motifs is 1. The molecular formula is C20H21ClN4O2. The van der Waals surface area contributed by atoms with Crippen LogP contribution >= 0.6 is 11.6 Å². The van der Waals surface area contributed by atoms with Crippen LogP contribution in [-0.2, 0) is 6.54 Å². The van der Waals surface area contributed by atoms with Crippen LogP contribution in [0.4, 0.5) is 10.5 Å². The Balaban J connectivity index is 1.32. The predicted molar refractivity (Wildman–Crippen MR) is 106 cm³/mol. The summed E-state index contributed by atoms with van der Waals surface area (Å²) in [4.78, 5) is 21.0. The Morgan fingerprint density at radius 1 is 1.19 bits per heavy atom. The van der Waals surface area contributed by atoms with Crippen molar-refractivity contribution >= 4 is 34.4 Å². The van der Waals surface area contributed by atoms with Crippen molar-refractivity contribution in [2.45, 2.75) is 13.5 Å². The summed E-state index contributed by atoms with van der Waals surface area (Å²) in [7, 11) is 0. The van der Waals surface area contributed by atoms with E-state index in [0.717, 1.165) is 35.4 Å². The number of anilines is 1. The van der Waals surface area contributed by atoms with Gasteiger partial charge >= 0.3 is 6.03 Å². The van der Waals surface area contributed by atoms with Gasteiger partial charge in [0.1, 0.15) is 5.52 Å². The monoisotopic (exact) mass is 384 g/mol. The summed E-state index contributed by atoms with van der Waals surface area (Å²) in [6, 6.07) is 13.2. The minimum absolute atomic E-state index is 0.0586. The lowest BCUT2D eigenvalue weighted by Gasteiger charge is -2.34. The highest BCUT2D eigenvalue weighted by Gasteiger charge is 2.22. The molecule has 2 amide bonds. The van der Waals surface area contributed by atoms with Crippen LogP contribution in [0.15, 0.2) is 46.9 Å². The second kappa shape index (κ2) is 7.58. The third-order valence-electron chi connectivity index (χ3n) is 4.68. The first kappa shape index (κ1) is 17.8. The molecule has 1 fully saturated rings. The van der Waals surface area contributed by atoms with E-state index in [0.29, 0.717) is 30.5 Å². The van der Waals surface area contributed by atoms with Gasteiger partial charge in [-0.1, -0.05) is 23.7 Å². The zero-order valence-corrected chi connectivity index (χ0v) is 15.9. The molecule has 7 heteroatoms. The van der Waals surface area contributed by atoms with Gasteiger partial charge in [0.25, 0.3) is 0 Å². The van der Waals surface area contributed by atoms with Crippen LogP contribution in [-0.4, -0.2) is 47.0 Å². The standard InChI is InChI=1S/C20H21ClN4O2/c1-14-3-2-4-16(11-14)22-20(26)25-9-7-24(8-10-25)13-19-23-17-12-15(21)5-6-18(17)27-19/h2-6,11-12H,7-10,13H2,1H3,(H,22,26). The third kappa shape index (κ3) is 4.23. The molecular weight excluding hydrogens is 364 g/mol. The molecule has 1 aliphatic rings. The number of hydrogen-bond acceptors (Lipinski definition) is 4. The first-order chi connectivity index (χ1) is 13.1. The third-order valence-corrected chi connectivity index (χ3v) is 4.92. The van der Waals surface area contributed by atoms with Crippen molar-refractivity contribution in [2.24, 2.45) is 0 Å². The number of carbonyl (C=O) groups excluding carboxylic acids is 1. The smallest absolute Gasteiger partial charge is 0.321 e. The minimum Gasteiger partial charge on any atom is -0.439 e. The van der Waals surface area contributed by atoms with Crippen LogP contribution < -0.4 is 5.32 Å². The second-order valence-corrected chi connectivity index (χ2v) is 7.22. The first-order valence-electron chi connectivity index (χ1n) is 8.97. The van der Waals surface area contributed by atoms with E-state index in [1.165, 1.54) is 0 Å². The number of piperazine rings is 1. The summed E-state index contributed by atoms with van der Waals surface area (Å²) < 4.78 is 5.79. The number of aryl methyl sites for hydroxylation is 1. The van der Waals surface area contributed by atoms with E-state index < -0.39 is 0 Å². The minimum atomic E-state index is -0.0586. The molecule has 2 aromatic carbocycles. The van der Waals surface area contributed by atoms with Gasteiger partial charge in [-0.15, -0.1) is 0 Å². The van der Waals surface area contributed by atoms with Gasteiger partial charge in [0.15, 0.2) is 5.58 Å². The van der Waals surface area contributed by atoms with E-state index in [1.54, 1.807) is 12.1 Å². The summed E-state index contributed by atoms with van der Waals surface area (Å²) in [6.45, 7) is 5.53. The van der Waals surface area contributed by atoms with E-state index in [2.05, 4.69) is 15.2 Å². The molecule has 0 bridgehead atoms. The molecule has 0 unspecified atom stereocenters. The number of amides is 2. The van der Waals surface area contributed by atoms with Crippen molar-refractivity contribution in [1.29, 1.82) is 0 Å². The Hall–Kier alpha value is -2.57. The Labute approximate surface area is 162 Å². The zero-order valence-electron chi connectivity index (χ0n) is 15.1. The summed E-state index contributed by atoms with van der Waals surface area (Å²) in [5.41, 5.74) is 3.46. The van der Waals surface area contributed by atoms with Crippen LogP contribution in [0.2, 0.25) is 5.02 Å². The number of benzene rings is 2. The van der Waals surface area contributed by atoms with Crippen molar-refractivity contribution < 1.29 is 9.21 Å². The highest BCUT2D eigenvalue weighted by Crippen LogP contribution is 2.21. The van der Waals surface area contributed by atoms with Crippen molar-refractivity contribution in [3.05, 3.63) is 58.9 Å². The number of urea groups is 1. The molecule has 0 saturated carbocycles. The molecule has 1 saturated heterocycles. The van der Waals surface area contributed by atoms with Gasteiger partial charge in [-0.05, 0) is 42.8 Å². The SMILES string of the molecule is Cc1cccc(NC(=O)N2CCN(Cc3nc4cc(Cl)ccc4o3)CC2)c1. The largest absolute Gasteiger partial charge is 0.439 e. The van der Waals surface area contributed by atoms with Gasteiger partial charge in [0, 0.05) is 36.9 Å². The second-order valence-electron chi connectivity index (χ2n) is 6.78. The summed E-state index contributed by atoms with van der Waals surface area (Å²) in [5, 5.41) is 3.61. The van der Waals surface area contributed by atoms with Gasteiger partial charge in [-0.3, -0.25) is 4.90 Å². The molecule has 0 spiro atoms. The molecule has 0 aliphatic carbocycles. The fourth-order valence-corrected chi connectivity index (χ4v) is 3.41. The van der Waals surface area contributed by atoms with Gasteiger partial charge in [-0.25, -0.2) is 9.78 Å². The highest BCUT2D eigenvalue weighted by atomic mass is 35.5. The number of nitrogens with one attached hydrogen (secondary N) is 1. The quantitative estimate of drug-likeness (QED) is 0.737. The Morgan fingerprint density at radius 2 is 2.00 bits per heavy atom. The molecule has 140 valence electrons. The molecule has 2 heterocycles. The van der Waals surface area contributed by atoms with Crippen LogP contribution in [0, 0.1) is 6.92 Å². The fourth-order valence-electron chi connectivity index (χ4n) is 3.24. The van der Waals surface area contributed by atoms with Crippen molar-refractivity contribution in [2.75, 3.05) is 31.5 Å². The summed E-state index contributed by atoms with van der Waals surface area (Å²) in [5.74, 6) is 0.671. The fraction of sp³-hybridized carbons (Fsp3) is 0.300. The molecule has 1 N–H and O–H groups in total. The number of rotatable bonds is 3. The topological polar surface area (TPSA) is 61.6 Å². The molecule has 0 radical (unpaired) electrons. The van der Waals surface area contributed by atoms with Gasteiger partial charge < -0.3 is 14.6 Å². The zero-order chi connectivity index (χ0) is 18.8. The molecule has 1 aromatic heterocycles. The Bertz CT molecular complexity index is 964. The number of aromatic nitrogens is 1. The molecule has 3 aromatic rings. The number of halogens is 1. The van der Waals surface area contributed by atoms with Crippen LogP contribution in [0.3, 0.4) is 0 Å². The maximum Gasteiger partial charge on any atom is 0.321 e. The van der Waals surface area contributed by atoms with Crippen molar-refractivity contribution in [1.82, 2.24) is 14.8 Å². The number of nitrogens with zero attached hydrogens (tertiary/aromatic N) is 3. The van der Waals surface area contributed by atoms with E-state index in [4.69, 9.17) is 16.0 Å². The van der Waals surface area contributed by atoms with Crippen LogP contribution in [0.5, 0.6) is 0 Å². The van der Waals surface area contributed by atoms with Crippen molar-refractivity contribution in [3.8, 4) is 0 Å². The lowest BCUT2D eigenvalue weighted by Crippen LogP contribution is -2.49. The molecule has 0 atom stereocenters. The number of hydrogen-bond donors (Lipinski definition) is 1. The summed E-state index contributed by atoms with van der Waals surface area (Å²) >= 11 is 6.00. The maximum absolute atomic E-state index is 12.4. The first-order valence-corrected chi connectivity index (χ1v) is 9.34. The van der Waals surface area contributed by atoms with Gasteiger partial charge in [0.05, 0.1) is 6.54 Å². The number of oxazole rings is 1. The molecule has 27 heavy (non-hydrogen) atoms. The van der Waals surface area contributed by atoms with Gasteiger partial charge in [-0.2, -0.15) is 0 Å². The molecule has 4 rings (SSSR count). The lowest BCUT2D eigenvalue weighted by molar-refractivity contribution is 0.136. The van der Waals surface area contributed by atoms with E-state index in [9.17, 15) is 4.79 Å². The molecule has 1 aliphatic heterocycles. The van der Waals surface area contributed by atoms with Crippen LogP contribution in [0.25, 0.3) is 11.1 Å². The Morgan fingerprint density at radius 3 is 2.78 bits per heavy atom. The van der Waals surface area contributed by atoms with Crippen molar-refractivity contribution in [3.63, 3.8) is 0 Å². The summed E-state index contributed by atoms with van der Waals surface area (Å²) in [6.07, 6.45) is 0. The highest BCUT2D eigenvalue weighted by molar-refractivity contribution is 6.31. The van der Waals surface area contributed by atoms with Gasteiger partial charge in [0.2, 0.25) is 5.89 Å². The van der Waals surface area contributed by atoms with E-state index in [-0.39, 0.29) is 6.03 Å². The normalized spacial score (nSPS) is 15.3. The van der Waals surface area contributed by atoms with Crippen LogP contribution in [0.1, 0.15) is 11.5 Å². The Kier molecular flexibility index (Phi) is 5.01. The van der Waals surface area contributed by atoms with E-state index in [1.807, 2.05) is 42.2 Å². The van der Waals surface area contributed by atoms with E-state index >= 15 is 0 Å². The lowest BCUT2D eigenvalue weighted by atomic mass is 10.2. The number of carbonyl (C=O) groups is 1. The average molecular weight is 385 g/mol. The predicted octanol–water partition coefficient (Wildman–Crippen LogP) is 4.14. The molecule has 6 nitrogen and oxygen atoms in total. The average Bonchev–Trinajstić information content (AvgIpc) is 3.03.